The molecule has 2 aromatic rings. The predicted octanol–water partition coefficient (Wildman–Crippen LogP) is 3.29. The molecule has 1 aliphatic heterocycles. The third-order valence-corrected chi connectivity index (χ3v) is 5.20. The number of piperidine rings is 1. The second kappa shape index (κ2) is 6.73. The fourth-order valence-electron chi connectivity index (χ4n) is 2.80. The molecule has 3 rings (SSSR count). The summed E-state index contributed by atoms with van der Waals surface area (Å²) in [5.41, 5.74) is 0. The summed E-state index contributed by atoms with van der Waals surface area (Å²) in [6.07, 6.45) is 4.14. The van der Waals surface area contributed by atoms with Gasteiger partial charge in [-0.1, -0.05) is 11.6 Å². The van der Waals surface area contributed by atoms with Crippen molar-refractivity contribution in [2.75, 3.05) is 25.0 Å². The van der Waals surface area contributed by atoms with E-state index in [0.29, 0.717) is 6.04 Å². The molecule has 1 atom stereocenters. The van der Waals surface area contributed by atoms with Crippen molar-refractivity contribution in [1.29, 1.82) is 0 Å². The van der Waals surface area contributed by atoms with Crippen LogP contribution in [0.1, 0.15) is 17.7 Å². The summed E-state index contributed by atoms with van der Waals surface area (Å²) in [5, 5.41) is 11.0. The Balaban J connectivity index is 1.62. The van der Waals surface area contributed by atoms with E-state index in [1.54, 1.807) is 17.5 Å². The van der Waals surface area contributed by atoms with Crippen molar-refractivity contribution in [3.05, 3.63) is 39.7 Å². The number of nitrogens with zero attached hydrogens (tertiary/aromatic N) is 4. The number of thiophene rings is 1. The first-order chi connectivity index (χ1) is 10.2. The van der Waals surface area contributed by atoms with Crippen molar-refractivity contribution in [3.8, 4) is 0 Å². The molecule has 0 spiro atoms. The van der Waals surface area contributed by atoms with Gasteiger partial charge in [0.15, 0.2) is 5.82 Å². The van der Waals surface area contributed by atoms with Crippen molar-refractivity contribution in [2.45, 2.75) is 25.4 Å². The van der Waals surface area contributed by atoms with Gasteiger partial charge < -0.3 is 4.90 Å². The van der Waals surface area contributed by atoms with Crippen LogP contribution in [-0.2, 0) is 6.54 Å². The fraction of sp³-hybridized carbons (Fsp3) is 0.467. The van der Waals surface area contributed by atoms with E-state index >= 15 is 0 Å². The molecule has 2 aromatic heterocycles. The van der Waals surface area contributed by atoms with Gasteiger partial charge in [0, 0.05) is 42.1 Å². The molecule has 0 bridgehead atoms. The van der Waals surface area contributed by atoms with Gasteiger partial charge in [-0.15, -0.1) is 16.4 Å². The summed E-state index contributed by atoms with van der Waals surface area (Å²) < 4.78 is 0. The molecular formula is C15H19ClN4S. The first-order valence-corrected chi connectivity index (χ1v) is 8.44. The van der Waals surface area contributed by atoms with Crippen LogP contribution in [0.4, 0.5) is 5.82 Å². The third-order valence-electron chi connectivity index (χ3n) is 3.93. The van der Waals surface area contributed by atoms with Crippen LogP contribution in [-0.4, -0.2) is 41.3 Å². The zero-order chi connectivity index (χ0) is 14.7. The maximum atomic E-state index is 6.00. The molecule has 0 amide bonds. The van der Waals surface area contributed by atoms with E-state index in [-0.39, 0.29) is 0 Å². The topological polar surface area (TPSA) is 32.3 Å². The first kappa shape index (κ1) is 14.8. The Kier molecular flexibility index (Phi) is 4.73. The predicted molar refractivity (Wildman–Crippen MR) is 88.1 cm³/mol. The standard InChI is InChI=1S/C15H19ClN4S/c1-19(10-14-8-12(16)11-21-14)13-4-3-7-20(9-13)15-5-2-6-17-18-15/h2,5-6,8,11,13H,3-4,7,9-10H2,1H3/t13-/m0/s1. The second-order valence-electron chi connectivity index (χ2n) is 5.47. The van der Waals surface area contributed by atoms with Crippen LogP contribution in [0.3, 0.4) is 0 Å². The van der Waals surface area contributed by atoms with E-state index in [1.165, 1.54) is 17.7 Å². The molecule has 112 valence electrons. The van der Waals surface area contributed by atoms with Gasteiger partial charge in [-0.25, -0.2) is 0 Å². The zero-order valence-electron chi connectivity index (χ0n) is 12.1. The van der Waals surface area contributed by atoms with Crippen LogP contribution >= 0.6 is 22.9 Å². The molecule has 1 aliphatic rings. The smallest absolute Gasteiger partial charge is 0.151 e. The molecule has 1 saturated heterocycles. The van der Waals surface area contributed by atoms with E-state index in [1.807, 2.05) is 17.5 Å². The molecule has 21 heavy (non-hydrogen) atoms. The van der Waals surface area contributed by atoms with Crippen LogP contribution in [0, 0.1) is 0 Å². The lowest BCUT2D eigenvalue weighted by Gasteiger charge is -2.37. The monoisotopic (exact) mass is 322 g/mol. The summed E-state index contributed by atoms with van der Waals surface area (Å²) in [6.45, 7) is 3.03. The molecule has 0 saturated carbocycles. The van der Waals surface area contributed by atoms with Gasteiger partial charge >= 0.3 is 0 Å². The summed E-state index contributed by atoms with van der Waals surface area (Å²) in [4.78, 5) is 6.07. The Labute approximate surface area is 134 Å². The van der Waals surface area contributed by atoms with Crippen molar-refractivity contribution < 1.29 is 0 Å². The van der Waals surface area contributed by atoms with Gasteiger partial charge in [0.1, 0.15) is 0 Å². The molecule has 0 N–H and O–H groups in total. The molecule has 0 unspecified atom stereocenters. The maximum Gasteiger partial charge on any atom is 0.151 e. The summed E-state index contributed by atoms with van der Waals surface area (Å²) in [5.74, 6) is 0.981. The van der Waals surface area contributed by atoms with Gasteiger partial charge in [0.25, 0.3) is 0 Å². The van der Waals surface area contributed by atoms with E-state index in [9.17, 15) is 0 Å². The molecule has 6 heteroatoms. The maximum absolute atomic E-state index is 6.00. The molecule has 4 nitrogen and oxygen atoms in total. The van der Waals surface area contributed by atoms with Crippen LogP contribution < -0.4 is 4.90 Å². The van der Waals surface area contributed by atoms with Crippen molar-refractivity contribution in [2.24, 2.45) is 0 Å². The molecule has 1 fully saturated rings. The highest BCUT2D eigenvalue weighted by atomic mass is 35.5. The highest BCUT2D eigenvalue weighted by molar-refractivity contribution is 7.10. The van der Waals surface area contributed by atoms with E-state index in [2.05, 4.69) is 33.1 Å². The number of halogens is 1. The van der Waals surface area contributed by atoms with E-state index < -0.39 is 0 Å². The van der Waals surface area contributed by atoms with E-state index in [4.69, 9.17) is 11.6 Å². The largest absolute Gasteiger partial charge is 0.354 e. The van der Waals surface area contributed by atoms with Gasteiger partial charge in [0.05, 0.1) is 5.02 Å². The average molecular weight is 323 g/mol. The van der Waals surface area contributed by atoms with Gasteiger partial charge in [0.2, 0.25) is 0 Å². The normalized spacial score (nSPS) is 19.2. The number of anilines is 1. The van der Waals surface area contributed by atoms with Crippen molar-refractivity contribution >= 4 is 28.8 Å². The summed E-state index contributed by atoms with van der Waals surface area (Å²) >= 11 is 7.73. The summed E-state index contributed by atoms with van der Waals surface area (Å²) in [7, 11) is 2.19. The van der Waals surface area contributed by atoms with Crippen LogP contribution in [0.5, 0.6) is 0 Å². The lowest BCUT2D eigenvalue weighted by molar-refractivity contribution is 0.209. The van der Waals surface area contributed by atoms with Gasteiger partial charge in [-0.05, 0) is 38.1 Å². The van der Waals surface area contributed by atoms with Crippen molar-refractivity contribution in [3.63, 3.8) is 0 Å². The Bertz CT molecular complexity index is 574. The van der Waals surface area contributed by atoms with Gasteiger partial charge in [-0.3, -0.25) is 4.90 Å². The average Bonchev–Trinajstić information content (AvgIpc) is 2.93. The Morgan fingerprint density at radius 3 is 3.14 bits per heavy atom. The Hall–Kier alpha value is -1.17. The number of rotatable bonds is 4. The quantitative estimate of drug-likeness (QED) is 0.864. The highest BCUT2D eigenvalue weighted by Crippen LogP contribution is 2.24. The Morgan fingerprint density at radius 1 is 1.52 bits per heavy atom. The minimum atomic E-state index is 0.543. The number of hydrogen-bond donors (Lipinski definition) is 0. The minimum absolute atomic E-state index is 0.543. The van der Waals surface area contributed by atoms with Crippen molar-refractivity contribution in [1.82, 2.24) is 15.1 Å². The van der Waals surface area contributed by atoms with E-state index in [0.717, 1.165) is 30.5 Å². The SMILES string of the molecule is CN(Cc1cc(Cl)cs1)[C@H]1CCCN(c2cccnn2)C1. The number of aromatic nitrogens is 2. The first-order valence-electron chi connectivity index (χ1n) is 7.18. The van der Waals surface area contributed by atoms with Crippen LogP contribution in [0.15, 0.2) is 29.8 Å². The lowest BCUT2D eigenvalue weighted by atomic mass is 10.0. The second-order valence-corrected chi connectivity index (χ2v) is 6.90. The van der Waals surface area contributed by atoms with Crippen LogP contribution in [0.25, 0.3) is 0 Å². The number of likely N-dealkylation sites (N-methyl/N-ethyl adjacent to an activating group) is 1. The Morgan fingerprint density at radius 2 is 2.43 bits per heavy atom. The zero-order valence-corrected chi connectivity index (χ0v) is 13.6. The number of hydrogen-bond acceptors (Lipinski definition) is 5. The molecule has 0 aliphatic carbocycles. The molecular weight excluding hydrogens is 304 g/mol. The molecule has 3 heterocycles. The third kappa shape index (κ3) is 3.73. The van der Waals surface area contributed by atoms with Gasteiger partial charge in [-0.2, -0.15) is 5.10 Å². The summed E-state index contributed by atoms with van der Waals surface area (Å²) in [6, 6.07) is 6.59. The minimum Gasteiger partial charge on any atom is -0.354 e. The molecule has 0 radical (unpaired) electrons. The lowest BCUT2D eigenvalue weighted by Crippen LogP contribution is -2.46. The fourth-order valence-corrected chi connectivity index (χ4v) is 3.93. The van der Waals surface area contributed by atoms with Crippen LogP contribution in [0.2, 0.25) is 5.02 Å². The molecule has 0 aromatic carbocycles. The highest BCUT2D eigenvalue weighted by Gasteiger charge is 2.24.